The Morgan fingerprint density at radius 3 is 2.45 bits per heavy atom. The van der Waals surface area contributed by atoms with Crippen LogP contribution in [0.15, 0.2) is 18.2 Å². The number of nitrogens with one attached hydrogen (secondary N) is 1. The minimum atomic E-state index is -0.938. The van der Waals surface area contributed by atoms with Gasteiger partial charge in [-0.05, 0) is 55.4 Å². The summed E-state index contributed by atoms with van der Waals surface area (Å²) in [5, 5.41) is 21.5. The molecule has 0 heterocycles. The Kier molecular flexibility index (Phi) is 4.78. The molecule has 0 unspecified atom stereocenters. The summed E-state index contributed by atoms with van der Waals surface area (Å²) in [5.41, 5.74) is 2.25. The normalized spacial score (nSPS) is 14.8. The van der Waals surface area contributed by atoms with E-state index in [1.165, 1.54) is 24.0 Å². The van der Waals surface area contributed by atoms with Gasteiger partial charge in [-0.15, -0.1) is 0 Å². The number of benzene rings is 1. The summed E-state index contributed by atoms with van der Waals surface area (Å²) < 4.78 is 0. The molecule has 0 fully saturated rings. The van der Waals surface area contributed by atoms with E-state index in [0.717, 1.165) is 12.8 Å². The van der Waals surface area contributed by atoms with Crippen LogP contribution in [0.25, 0.3) is 0 Å². The molecule has 1 amide bonds. The SMILES string of the molecule is CCC(CO)(CO)NC(=O)c1ccc2c(c1)CCCC2. The molecular formula is C16H23NO3. The predicted molar refractivity (Wildman–Crippen MR) is 77.7 cm³/mol. The van der Waals surface area contributed by atoms with Gasteiger partial charge in [0.15, 0.2) is 0 Å². The summed E-state index contributed by atoms with van der Waals surface area (Å²) in [6.07, 6.45) is 4.98. The molecule has 0 bridgehead atoms. The summed E-state index contributed by atoms with van der Waals surface area (Å²) in [7, 11) is 0. The first-order valence-corrected chi connectivity index (χ1v) is 7.30. The Balaban J connectivity index is 2.17. The van der Waals surface area contributed by atoms with E-state index in [0.29, 0.717) is 12.0 Å². The van der Waals surface area contributed by atoms with Crippen molar-refractivity contribution in [2.75, 3.05) is 13.2 Å². The maximum Gasteiger partial charge on any atom is 0.251 e. The van der Waals surface area contributed by atoms with Crippen LogP contribution in [0.1, 0.15) is 47.7 Å². The molecule has 2 rings (SSSR count). The molecule has 3 N–H and O–H groups in total. The Morgan fingerprint density at radius 2 is 1.85 bits per heavy atom. The van der Waals surface area contributed by atoms with E-state index < -0.39 is 5.54 Å². The van der Waals surface area contributed by atoms with Crippen molar-refractivity contribution in [3.8, 4) is 0 Å². The van der Waals surface area contributed by atoms with Crippen molar-refractivity contribution >= 4 is 5.91 Å². The molecule has 1 aromatic rings. The summed E-state index contributed by atoms with van der Waals surface area (Å²) in [5.74, 6) is -0.233. The Labute approximate surface area is 119 Å². The zero-order valence-electron chi connectivity index (χ0n) is 12.0. The standard InChI is InChI=1S/C16H23NO3/c1-2-16(10-18,11-19)17-15(20)14-8-7-12-5-3-4-6-13(12)9-14/h7-9,18-19H,2-6,10-11H2,1H3,(H,17,20). The Hall–Kier alpha value is -1.39. The molecule has 0 aliphatic heterocycles. The molecule has 0 atom stereocenters. The maximum atomic E-state index is 12.3. The van der Waals surface area contributed by atoms with Gasteiger partial charge in [0.25, 0.3) is 5.91 Å². The van der Waals surface area contributed by atoms with Gasteiger partial charge in [-0.3, -0.25) is 4.79 Å². The summed E-state index contributed by atoms with van der Waals surface area (Å²) in [4.78, 5) is 12.3. The average Bonchev–Trinajstić information content (AvgIpc) is 2.52. The van der Waals surface area contributed by atoms with Crippen LogP contribution >= 0.6 is 0 Å². The largest absolute Gasteiger partial charge is 0.394 e. The van der Waals surface area contributed by atoms with Crippen LogP contribution in [0.5, 0.6) is 0 Å². The molecule has 0 saturated carbocycles. The third-order valence-corrected chi connectivity index (χ3v) is 4.27. The highest BCUT2D eigenvalue weighted by atomic mass is 16.3. The van der Waals surface area contributed by atoms with Crippen molar-refractivity contribution in [1.82, 2.24) is 5.32 Å². The molecule has 1 aromatic carbocycles. The molecule has 4 heteroatoms. The summed E-state index contributed by atoms with van der Waals surface area (Å²) >= 11 is 0. The molecule has 20 heavy (non-hydrogen) atoms. The first kappa shape index (κ1) is 15.0. The molecule has 0 aromatic heterocycles. The highest BCUT2D eigenvalue weighted by Crippen LogP contribution is 2.22. The molecule has 0 radical (unpaired) electrons. The Morgan fingerprint density at radius 1 is 1.20 bits per heavy atom. The zero-order valence-corrected chi connectivity index (χ0v) is 12.0. The Bertz CT molecular complexity index is 472. The fourth-order valence-electron chi connectivity index (χ4n) is 2.63. The fraction of sp³-hybridized carbons (Fsp3) is 0.562. The van der Waals surface area contributed by atoms with Crippen LogP contribution in [0.4, 0.5) is 0 Å². The number of aliphatic hydroxyl groups is 2. The number of fused-ring (bicyclic) bond motifs is 1. The van der Waals surface area contributed by atoms with E-state index in [9.17, 15) is 15.0 Å². The number of carbonyl (C=O) groups excluding carboxylic acids is 1. The minimum Gasteiger partial charge on any atom is -0.394 e. The van der Waals surface area contributed by atoms with Gasteiger partial charge >= 0.3 is 0 Å². The smallest absolute Gasteiger partial charge is 0.251 e. The first-order valence-electron chi connectivity index (χ1n) is 7.30. The first-order chi connectivity index (χ1) is 9.64. The zero-order chi connectivity index (χ0) is 14.6. The number of hydrogen-bond acceptors (Lipinski definition) is 3. The van der Waals surface area contributed by atoms with Gasteiger partial charge in [0, 0.05) is 5.56 Å². The molecule has 1 aliphatic carbocycles. The van der Waals surface area contributed by atoms with Gasteiger partial charge in [0.05, 0.1) is 18.8 Å². The number of rotatable bonds is 5. The van der Waals surface area contributed by atoms with Gasteiger partial charge < -0.3 is 15.5 Å². The van der Waals surface area contributed by atoms with Crippen molar-refractivity contribution in [2.24, 2.45) is 0 Å². The second-order valence-electron chi connectivity index (χ2n) is 5.59. The molecule has 0 saturated heterocycles. The van der Waals surface area contributed by atoms with Gasteiger partial charge in [0.1, 0.15) is 0 Å². The monoisotopic (exact) mass is 277 g/mol. The number of amides is 1. The number of carbonyl (C=O) groups is 1. The summed E-state index contributed by atoms with van der Waals surface area (Å²) in [6, 6.07) is 5.79. The number of aliphatic hydroxyl groups excluding tert-OH is 2. The lowest BCUT2D eigenvalue weighted by Crippen LogP contribution is -2.53. The van der Waals surface area contributed by atoms with Crippen molar-refractivity contribution in [2.45, 2.75) is 44.6 Å². The topological polar surface area (TPSA) is 69.6 Å². The van der Waals surface area contributed by atoms with E-state index in [1.54, 1.807) is 0 Å². The predicted octanol–water partition coefficient (Wildman–Crippen LogP) is 1.43. The highest BCUT2D eigenvalue weighted by molar-refractivity contribution is 5.95. The lowest BCUT2D eigenvalue weighted by molar-refractivity contribution is 0.0653. The fourth-order valence-corrected chi connectivity index (χ4v) is 2.63. The van der Waals surface area contributed by atoms with Gasteiger partial charge in [-0.1, -0.05) is 13.0 Å². The van der Waals surface area contributed by atoms with Gasteiger partial charge in [-0.2, -0.15) is 0 Å². The lowest BCUT2D eigenvalue weighted by Gasteiger charge is -2.30. The van der Waals surface area contributed by atoms with Crippen LogP contribution in [0.2, 0.25) is 0 Å². The third kappa shape index (κ3) is 3.02. The maximum absolute atomic E-state index is 12.3. The molecule has 1 aliphatic rings. The van der Waals surface area contributed by atoms with Crippen LogP contribution in [0.3, 0.4) is 0 Å². The second-order valence-corrected chi connectivity index (χ2v) is 5.59. The van der Waals surface area contributed by atoms with E-state index in [-0.39, 0.29) is 19.1 Å². The highest BCUT2D eigenvalue weighted by Gasteiger charge is 2.29. The second kappa shape index (κ2) is 6.37. The minimum absolute atomic E-state index is 0.233. The van der Waals surface area contributed by atoms with E-state index in [2.05, 4.69) is 5.32 Å². The molecule has 0 spiro atoms. The number of aryl methyl sites for hydroxylation is 2. The molecule has 4 nitrogen and oxygen atoms in total. The third-order valence-electron chi connectivity index (χ3n) is 4.27. The van der Waals surface area contributed by atoms with Crippen molar-refractivity contribution < 1.29 is 15.0 Å². The lowest BCUT2D eigenvalue weighted by atomic mass is 9.90. The van der Waals surface area contributed by atoms with Crippen molar-refractivity contribution in [3.63, 3.8) is 0 Å². The molecule has 110 valence electrons. The van der Waals surface area contributed by atoms with E-state index >= 15 is 0 Å². The van der Waals surface area contributed by atoms with E-state index in [4.69, 9.17) is 0 Å². The van der Waals surface area contributed by atoms with Crippen LogP contribution in [-0.2, 0) is 12.8 Å². The van der Waals surface area contributed by atoms with Crippen molar-refractivity contribution in [1.29, 1.82) is 0 Å². The number of hydrogen-bond donors (Lipinski definition) is 3. The summed E-state index contributed by atoms with van der Waals surface area (Å²) in [6.45, 7) is 1.30. The van der Waals surface area contributed by atoms with Crippen LogP contribution in [-0.4, -0.2) is 34.9 Å². The average molecular weight is 277 g/mol. The van der Waals surface area contributed by atoms with Crippen molar-refractivity contribution in [3.05, 3.63) is 34.9 Å². The van der Waals surface area contributed by atoms with E-state index in [1.807, 2.05) is 25.1 Å². The molecular weight excluding hydrogens is 254 g/mol. The quantitative estimate of drug-likeness (QED) is 0.762. The van der Waals surface area contributed by atoms with Gasteiger partial charge in [-0.25, -0.2) is 0 Å². The van der Waals surface area contributed by atoms with Crippen LogP contribution < -0.4 is 5.32 Å². The van der Waals surface area contributed by atoms with Crippen LogP contribution in [0, 0.1) is 0 Å². The van der Waals surface area contributed by atoms with Gasteiger partial charge in [0.2, 0.25) is 0 Å².